The van der Waals surface area contributed by atoms with Crippen LogP contribution >= 0.6 is 23.2 Å². The molecule has 11 heteroatoms. The predicted molar refractivity (Wildman–Crippen MR) is 120 cm³/mol. The van der Waals surface area contributed by atoms with Gasteiger partial charge >= 0.3 is 12.1 Å². The Labute approximate surface area is 195 Å². The normalized spacial score (nSPS) is 13.1. The highest BCUT2D eigenvalue weighted by atomic mass is 35.5. The van der Waals surface area contributed by atoms with E-state index >= 15 is 0 Å². The molecule has 2 aromatic heterocycles. The number of rotatable bonds is 7. The number of amides is 2. The maximum atomic E-state index is 12.5. The molecule has 172 valence electrons. The standard InChI is InChI=1S/C21H24Cl2N4O5/c1-5-12(17(19(29)30)27-20(31)32-21(2,3)4)15-7-6-11(8-25-15)26-18(28)16-13(22)9-24-10-14(16)23/h6-10,12,17H,5H2,1-4H3,(H,26,28)(H,27,31)(H,29,30)/t12?,17-/m0/s1. The van der Waals surface area contributed by atoms with E-state index in [1.807, 2.05) is 0 Å². The number of alkyl carbamates (subject to hydrolysis) is 1. The third-order valence-electron chi connectivity index (χ3n) is 4.29. The first-order chi connectivity index (χ1) is 14.9. The molecule has 2 heterocycles. The first-order valence-corrected chi connectivity index (χ1v) is 10.5. The lowest BCUT2D eigenvalue weighted by Gasteiger charge is -2.26. The number of aliphatic carboxylic acids is 1. The number of pyridine rings is 2. The van der Waals surface area contributed by atoms with Crippen LogP contribution in [-0.2, 0) is 9.53 Å². The minimum atomic E-state index is -1.25. The molecule has 3 N–H and O–H groups in total. The number of carboxylic acids is 1. The molecule has 0 saturated carbocycles. The summed E-state index contributed by atoms with van der Waals surface area (Å²) < 4.78 is 5.17. The van der Waals surface area contributed by atoms with Crippen molar-refractivity contribution >= 4 is 46.9 Å². The van der Waals surface area contributed by atoms with Crippen molar-refractivity contribution < 1.29 is 24.2 Å². The quantitative estimate of drug-likeness (QED) is 0.528. The van der Waals surface area contributed by atoms with Crippen LogP contribution < -0.4 is 10.6 Å². The van der Waals surface area contributed by atoms with Gasteiger partial charge in [0, 0.05) is 24.0 Å². The van der Waals surface area contributed by atoms with Gasteiger partial charge in [0.1, 0.15) is 11.6 Å². The van der Waals surface area contributed by atoms with Crippen molar-refractivity contribution in [2.75, 3.05) is 5.32 Å². The van der Waals surface area contributed by atoms with Crippen LogP contribution in [0.2, 0.25) is 10.0 Å². The van der Waals surface area contributed by atoms with Crippen LogP contribution in [0, 0.1) is 0 Å². The Morgan fingerprint density at radius 1 is 1.12 bits per heavy atom. The van der Waals surface area contributed by atoms with Gasteiger partial charge in [-0.05, 0) is 39.3 Å². The van der Waals surface area contributed by atoms with Crippen molar-refractivity contribution in [2.45, 2.75) is 51.7 Å². The molecule has 0 aliphatic rings. The number of nitrogens with zero attached hydrogens (tertiary/aromatic N) is 2. The Morgan fingerprint density at radius 3 is 2.22 bits per heavy atom. The highest BCUT2D eigenvalue weighted by Crippen LogP contribution is 2.26. The maximum Gasteiger partial charge on any atom is 0.408 e. The van der Waals surface area contributed by atoms with Crippen LogP contribution in [0.3, 0.4) is 0 Å². The van der Waals surface area contributed by atoms with E-state index in [4.69, 9.17) is 27.9 Å². The molecule has 2 aromatic rings. The fraction of sp³-hybridized carbons (Fsp3) is 0.381. The van der Waals surface area contributed by atoms with E-state index in [-0.39, 0.29) is 15.6 Å². The number of nitrogens with one attached hydrogen (secondary N) is 2. The van der Waals surface area contributed by atoms with E-state index in [1.165, 1.54) is 18.6 Å². The summed E-state index contributed by atoms with van der Waals surface area (Å²) in [4.78, 5) is 44.5. The van der Waals surface area contributed by atoms with Gasteiger partial charge in [0.15, 0.2) is 0 Å². The molecule has 2 atom stereocenters. The SMILES string of the molecule is CCC(c1ccc(NC(=O)c2c(Cl)cncc2Cl)cn1)[C@H](NC(=O)OC(C)(C)C)C(=O)O. The number of halogens is 2. The van der Waals surface area contributed by atoms with Crippen molar-refractivity contribution in [3.63, 3.8) is 0 Å². The van der Waals surface area contributed by atoms with E-state index in [2.05, 4.69) is 20.6 Å². The zero-order valence-corrected chi connectivity index (χ0v) is 19.5. The van der Waals surface area contributed by atoms with Gasteiger partial charge in [0.25, 0.3) is 5.91 Å². The zero-order chi connectivity index (χ0) is 24.1. The fourth-order valence-corrected chi connectivity index (χ4v) is 3.44. The fourth-order valence-electron chi connectivity index (χ4n) is 2.90. The number of carbonyl (C=O) groups is 3. The summed E-state index contributed by atoms with van der Waals surface area (Å²) in [5, 5.41) is 14.9. The summed E-state index contributed by atoms with van der Waals surface area (Å²) in [6, 6.07) is 1.89. The summed E-state index contributed by atoms with van der Waals surface area (Å²) in [5.41, 5.74) is 0.0814. The molecular formula is C21H24Cl2N4O5. The van der Waals surface area contributed by atoms with Gasteiger partial charge in [0.2, 0.25) is 0 Å². The summed E-state index contributed by atoms with van der Waals surface area (Å²) in [6.07, 6.45) is 3.54. The molecule has 1 unspecified atom stereocenters. The van der Waals surface area contributed by atoms with Crippen molar-refractivity contribution in [3.05, 3.63) is 52.0 Å². The number of hydrogen-bond donors (Lipinski definition) is 3. The van der Waals surface area contributed by atoms with Gasteiger partial charge in [-0.15, -0.1) is 0 Å². The predicted octanol–water partition coefficient (Wildman–Crippen LogP) is 4.51. The van der Waals surface area contributed by atoms with E-state index < -0.39 is 35.5 Å². The number of carbonyl (C=O) groups excluding carboxylic acids is 2. The number of anilines is 1. The highest BCUT2D eigenvalue weighted by Gasteiger charge is 2.32. The van der Waals surface area contributed by atoms with Crippen LogP contribution in [0.25, 0.3) is 0 Å². The van der Waals surface area contributed by atoms with Crippen molar-refractivity contribution in [1.29, 1.82) is 0 Å². The second-order valence-corrected chi connectivity index (χ2v) is 8.70. The summed E-state index contributed by atoms with van der Waals surface area (Å²) in [5.74, 6) is -2.39. The van der Waals surface area contributed by atoms with Crippen LogP contribution in [0.1, 0.15) is 56.1 Å². The molecule has 32 heavy (non-hydrogen) atoms. The van der Waals surface area contributed by atoms with E-state index in [1.54, 1.807) is 39.8 Å². The molecule has 0 saturated heterocycles. The number of carboxylic acid groups (broad SMARTS) is 1. The second kappa shape index (κ2) is 10.6. The molecule has 0 fully saturated rings. The van der Waals surface area contributed by atoms with Crippen LogP contribution in [0.15, 0.2) is 30.7 Å². The molecular weight excluding hydrogens is 459 g/mol. The Kier molecular flexibility index (Phi) is 8.40. The molecule has 2 amide bonds. The molecule has 0 bridgehead atoms. The maximum absolute atomic E-state index is 12.5. The summed E-state index contributed by atoms with van der Waals surface area (Å²) >= 11 is 12.0. The molecule has 2 rings (SSSR count). The molecule has 0 radical (unpaired) electrons. The molecule has 9 nitrogen and oxygen atoms in total. The number of aromatic nitrogens is 2. The third-order valence-corrected chi connectivity index (χ3v) is 4.86. The highest BCUT2D eigenvalue weighted by molar-refractivity contribution is 6.40. The van der Waals surface area contributed by atoms with Crippen LogP contribution in [0.4, 0.5) is 10.5 Å². The van der Waals surface area contributed by atoms with Gasteiger partial charge < -0.3 is 20.5 Å². The third kappa shape index (κ3) is 6.80. The van der Waals surface area contributed by atoms with Gasteiger partial charge in [-0.3, -0.25) is 14.8 Å². The van der Waals surface area contributed by atoms with Crippen LogP contribution in [0.5, 0.6) is 0 Å². The first kappa shape index (κ1) is 25.4. The lowest BCUT2D eigenvalue weighted by atomic mass is 9.92. The zero-order valence-electron chi connectivity index (χ0n) is 18.0. The lowest BCUT2D eigenvalue weighted by Crippen LogP contribution is -2.47. The first-order valence-electron chi connectivity index (χ1n) is 9.71. The Morgan fingerprint density at radius 2 is 1.75 bits per heavy atom. The van der Waals surface area contributed by atoms with Gasteiger partial charge in [-0.2, -0.15) is 0 Å². The lowest BCUT2D eigenvalue weighted by molar-refractivity contribution is -0.140. The summed E-state index contributed by atoms with van der Waals surface area (Å²) in [7, 11) is 0. The van der Waals surface area contributed by atoms with Gasteiger partial charge in [-0.25, -0.2) is 9.59 Å². The molecule has 0 spiro atoms. The van der Waals surface area contributed by atoms with E-state index in [9.17, 15) is 19.5 Å². The minimum Gasteiger partial charge on any atom is -0.480 e. The minimum absolute atomic E-state index is 0.0753. The number of ether oxygens (including phenoxy) is 1. The monoisotopic (exact) mass is 482 g/mol. The Balaban J connectivity index is 2.18. The second-order valence-electron chi connectivity index (χ2n) is 7.88. The summed E-state index contributed by atoms with van der Waals surface area (Å²) in [6.45, 7) is 6.82. The van der Waals surface area contributed by atoms with E-state index in [0.717, 1.165) is 0 Å². The van der Waals surface area contributed by atoms with Crippen LogP contribution in [-0.4, -0.2) is 44.7 Å². The van der Waals surface area contributed by atoms with Crippen molar-refractivity contribution in [3.8, 4) is 0 Å². The number of hydrogen-bond acceptors (Lipinski definition) is 6. The van der Waals surface area contributed by atoms with Crippen molar-refractivity contribution in [2.24, 2.45) is 0 Å². The largest absolute Gasteiger partial charge is 0.480 e. The smallest absolute Gasteiger partial charge is 0.408 e. The molecule has 0 aliphatic heterocycles. The average molecular weight is 483 g/mol. The average Bonchev–Trinajstić information content (AvgIpc) is 2.67. The molecule has 0 aromatic carbocycles. The molecule has 0 aliphatic carbocycles. The van der Waals surface area contributed by atoms with E-state index in [0.29, 0.717) is 17.8 Å². The van der Waals surface area contributed by atoms with Crippen molar-refractivity contribution in [1.82, 2.24) is 15.3 Å². The van der Waals surface area contributed by atoms with Gasteiger partial charge in [-0.1, -0.05) is 30.1 Å². The Hall–Kier alpha value is -2.91. The topological polar surface area (TPSA) is 131 Å². The van der Waals surface area contributed by atoms with Gasteiger partial charge in [0.05, 0.1) is 27.5 Å². The Bertz CT molecular complexity index is 972.